The average molecular weight is 463 g/mol. The van der Waals surface area contributed by atoms with Crippen LogP contribution in [0.2, 0.25) is 0 Å². The number of halogens is 3. The van der Waals surface area contributed by atoms with Crippen LogP contribution in [0.3, 0.4) is 0 Å². The van der Waals surface area contributed by atoms with Gasteiger partial charge < -0.3 is 23.8 Å². The number of nitrogens with zero attached hydrogens (tertiary/aromatic N) is 1. The second kappa shape index (κ2) is 9.75. The summed E-state index contributed by atoms with van der Waals surface area (Å²) < 4.78 is 59.6. The molecule has 0 radical (unpaired) electrons. The number of esters is 1. The maximum Gasteiger partial charge on any atom is 0.511 e. The predicted molar refractivity (Wildman–Crippen MR) is 99.9 cm³/mol. The van der Waals surface area contributed by atoms with E-state index in [4.69, 9.17) is 9.47 Å². The Hall–Kier alpha value is -3.51. The molecule has 0 amide bonds. The van der Waals surface area contributed by atoms with E-state index in [0.717, 1.165) is 18.6 Å². The predicted octanol–water partition coefficient (Wildman–Crippen LogP) is 3.65. The van der Waals surface area contributed by atoms with E-state index in [1.165, 1.54) is 6.92 Å². The molecule has 1 aliphatic rings. The highest BCUT2D eigenvalue weighted by Gasteiger charge is 2.49. The van der Waals surface area contributed by atoms with Crippen molar-refractivity contribution in [2.45, 2.75) is 52.4 Å². The molecule has 0 saturated carbocycles. The van der Waals surface area contributed by atoms with Crippen molar-refractivity contribution in [3.8, 4) is 5.75 Å². The number of fused-ring (bicyclic) bond motifs is 1. The lowest BCUT2D eigenvalue weighted by atomic mass is 9.97. The zero-order valence-corrected chi connectivity index (χ0v) is 17.4. The van der Waals surface area contributed by atoms with Crippen molar-refractivity contribution in [1.29, 1.82) is 0 Å². The molecule has 1 aromatic rings. The Labute approximate surface area is 179 Å². The van der Waals surface area contributed by atoms with Crippen LogP contribution in [0.1, 0.15) is 30.5 Å². The molecule has 176 valence electrons. The molecule has 0 saturated heterocycles. The quantitative estimate of drug-likeness (QED) is 0.258. The maximum atomic E-state index is 13.5. The van der Waals surface area contributed by atoms with Crippen molar-refractivity contribution in [2.75, 3.05) is 6.61 Å². The molecular formula is C19H20F3NO9. The first-order chi connectivity index (χ1) is 14.8. The second-order valence-electron chi connectivity index (χ2n) is 6.93. The third-order valence-corrected chi connectivity index (χ3v) is 4.05. The highest BCUT2D eigenvalue weighted by atomic mass is 19.4. The molecule has 1 heterocycles. The van der Waals surface area contributed by atoms with Crippen LogP contribution in [0.4, 0.5) is 18.0 Å². The molecule has 0 aliphatic carbocycles. The fourth-order valence-corrected chi connectivity index (χ4v) is 2.86. The highest BCUT2D eigenvalue weighted by Crippen LogP contribution is 2.39. The molecule has 13 heteroatoms. The van der Waals surface area contributed by atoms with Crippen LogP contribution in [0.15, 0.2) is 17.7 Å². The fraction of sp³-hybridized carbons (Fsp3) is 0.474. The van der Waals surface area contributed by atoms with Gasteiger partial charge in [-0.1, -0.05) is 11.6 Å². The number of ether oxygens (including phenoxy) is 4. The normalized spacial score (nSPS) is 17.1. The van der Waals surface area contributed by atoms with Crippen molar-refractivity contribution >= 4 is 18.2 Å². The lowest BCUT2D eigenvalue weighted by Gasteiger charge is -2.29. The van der Waals surface area contributed by atoms with Crippen molar-refractivity contribution < 1.29 is 51.6 Å². The summed E-state index contributed by atoms with van der Waals surface area (Å²) in [5.74, 6) is -1.42. The number of rotatable bonds is 7. The first-order valence-corrected chi connectivity index (χ1v) is 9.19. The molecule has 32 heavy (non-hydrogen) atoms. The van der Waals surface area contributed by atoms with Gasteiger partial charge in [0.2, 0.25) is 12.4 Å². The number of alkyl halides is 3. The molecule has 0 aromatic heterocycles. The van der Waals surface area contributed by atoms with Crippen LogP contribution >= 0.6 is 0 Å². The molecule has 0 bridgehead atoms. The van der Waals surface area contributed by atoms with E-state index < -0.39 is 54.1 Å². The van der Waals surface area contributed by atoms with E-state index >= 15 is 0 Å². The van der Waals surface area contributed by atoms with Crippen LogP contribution < -0.4 is 4.74 Å². The Morgan fingerprint density at radius 1 is 1.22 bits per heavy atom. The molecule has 10 nitrogen and oxygen atoms in total. The summed E-state index contributed by atoms with van der Waals surface area (Å²) in [5, 5.41) is 9.09. The zero-order chi connectivity index (χ0) is 24.2. The van der Waals surface area contributed by atoms with E-state index in [0.29, 0.717) is 5.56 Å². The topological polar surface area (TPSA) is 123 Å². The first-order valence-electron chi connectivity index (χ1n) is 9.19. The summed E-state index contributed by atoms with van der Waals surface area (Å²) in [5.41, 5.74) is 0.649. The van der Waals surface area contributed by atoms with Gasteiger partial charge in [0, 0.05) is 12.5 Å². The molecule has 2 unspecified atom stereocenters. The van der Waals surface area contributed by atoms with Crippen molar-refractivity contribution in [3.63, 3.8) is 0 Å². The number of hydrogen-bond donors (Lipinski definition) is 0. The number of carbonyl (C=O) groups is 2. The van der Waals surface area contributed by atoms with E-state index in [-0.39, 0.29) is 11.3 Å². The van der Waals surface area contributed by atoms with Crippen LogP contribution in [0.25, 0.3) is 6.08 Å². The molecule has 3 atom stereocenters. The Morgan fingerprint density at radius 3 is 2.47 bits per heavy atom. The number of benzene rings is 1. The van der Waals surface area contributed by atoms with Crippen LogP contribution in [-0.2, 0) is 23.8 Å². The Kier molecular flexibility index (Phi) is 7.54. The number of hydrogen-bond acceptors (Lipinski definition) is 9. The third kappa shape index (κ3) is 6.49. The van der Waals surface area contributed by atoms with E-state index in [2.05, 4.69) is 14.3 Å². The zero-order valence-electron chi connectivity index (χ0n) is 17.4. The van der Waals surface area contributed by atoms with Crippen LogP contribution in [0.5, 0.6) is 5.75 Å². The minimum Gasteiger partial charge on any atom is -0.475 e. The third-order valence-electron chi connectivity index (χ3n) is 4.05. The van der Waals surface area contributed by atoms with Crippen LogP contribution in [0, 0.1) is 24.0 Å². The molecule has 0 fully saturated rings. The maximum absolute atomic E-state index is 13.5. The molecule has 1 aliphatic heterocycles. The second-order valence-corrected chi connectivity index (χ2v) is 6.93. The standard InChI is InChI=1S/C19H20F3NO9/c1-9-5-10(2)15-13(6-9)7-14(16(31-15)19(20,21)22)17(24)29-12(4)30-18(25)28-8-11(3)32-23(26)27/h5-7,11-12,16H,8H2,1-4H3/t11?,12?,16-/m0/s1. The van der Waals surface area contributed by atoms with Crippen molar-refractivity contribution in [1.82, 2.24) is 0 Å². The molecule has 2 rings (SSSR count). The van der Waals surface area contributed by atoms with Gasteiger partial charge in [0.15, 0.2) is 0 Å². The number of aryl methyl sites for hydroxylation is 2. The Bertz CT molecular complexity index is 929. The molecule has 1 aromatic carbocycles. The van der Waals surface area contributed by atoms with Gasteiger partial charge in [-0.05, 0) is 38.5 Å². The first kappa shape index (κ1) is 24.8. The summed E-state index contributed by atoms with van der Waals surface area (Å²) in [6, 6.07) is 3.19. The average Bonchev–Trinajstić information content (AvgIpc) is 2.63. The molecule has 0 spiro atoms. The fourth-order valence-electron chi connectivity index (χ4n) is 2.86. The van der Waals surface area contributed by atoms with Gasteiger partial charge in [-0.15, -0.1) is 10.1 Å². The van der Waals surface area contributed by atoms with Crippen molar-refractivity contribution in [3.05, 3.63) is 44.5 Å². The summed E-state index contributed by atoms with van der Waals surface area (Å²) in [6.45, 7) is 5.08. The summed E-state index contributed by atoms with van der Waals surface area (Å²) in [6.07, 6.45) is -10.6. The minimum atomic E-state index is -4.92. The van der Waals surface area contributed by atoms with Gasteiger partial charge in [-0.2, -0.15) is 13.2 Å². The van der Waals surface area contributed by atoms with Gasteiger partial charge in [0.1, 0.15) is 18.5 Å². The van der Waals surface area contributed by atoms with Gasteiger partial charge in [-0.3, -0.25) is 0 Å². The summed E-state index contributed by atoms with van der Waals surface area (Å²) in [7, 11) is 0. The smallest absolute Gasteiger partial charge is 0.475 e. The molecule has 0 N–H and O–H groups in total. The minimum absolute atomic E-state index is 0.00610. The van der Waals surface area contributed by atoms with Crippen molar-refractivity contribution in [2.24, 2.45) is 0 Å². The van der Waals surface area contributed by atoms with E-state index in [1.807, 2.05) is 0 Å². The highest BCUT2D eigenvalue weighted by molar-refractivity contribution is 5.96. The van der Waals surface area contributed by atoms with Gasteiger partial charge in [0.25, 0.3) is 5.09 Å². The van der Waals surface area contributed by atoms with Gasteiger partial charge >= 0.3 is 18.3 Å². The summed E-state index contributed by atoms with van der Waals surface area (Å²) in [4.78, 5) is 38.3. The Morgan fingerprint density at radius 2 is 1.88 bits per heavy atom. The largest absolute Gasteiger partial charge is 0.511 e. The monoisotopic (exact) mass is 463 g/mol. The summed E-state index contributed by atoms with van der Waals surface area (Å²) >= 11 is 0. The lowest BCUT2D eigenvalue weighted by molar-refractivity contribution is -0.767. The Balaban J connectivity index is 2.09. The number of carbonyl (C=O) groups excluding carboxylic acids is 2. The van der Waals surface area contributed by atoms with Crippen LogP contribution in [-0.4, -0.2) is 48.5 Å². The van der Waals surface area contributed by atoms with E-state index in [1.54, 1.807) is 26.0 Å². The SMILES string of the molecule is Cc1cc(C)c2c(c1)C=C(C(=O)OC(C)OC(=O)OCC(C)O[N+](=O)[O-])[C@@H](C(F)(F)F)O2. The molecular weight excluding hydrogens is 443 g/mol. The van der Waals surface area contributed by atoms with E-state index in [9.17, 15) is 32.9 Å². The van der Waals surface area contributed by atoms with Gasteiger partial charge in [0.05, 0.1) is 5.57 Å². The lowest BCUT2D eigenvalue weighted by Crippen LogP contribution is -2.41. The van der Waals surface area contributed by atoms with Gasteiger partial charge in [-0.25, -0.2) is 9.59 Å².